The number of pyridine rings is 1. The number of aryl methyl sites for hydroxylation is 1. The molecule has 0 aliphatic carbocycles. The molecule has 4 heterocycles. The van der Waals surface area contributed by atoms with Crippen LogP contribution in [0.5, 0.6) is 0 Å². The number of hydrogen-bond donors (Lipinski definition) is 0. The maximum absolute atomic E-state index is 4.70. The maximum Gasteiger partial charge on any atom is 0.113 e. The van der Waals surface area contributed by atoms with Gasteiger partial charge in [0.1, 0.15) is 5.82 Å². The summed E-state index contributed by atoms with van der Waals surface area (Å²) in [6.07, 6.45) is 12.2. The van der Waals surface area contributed by atoms with Gasteiger partial charge in [-0.25, -0.2) is 4.98 Å². The number of rotatable bonds is 5. The smallest absolute Gasteiger partial charge is 0.113 e. The van der Waals surface area contributed by atoms with E-state index in [1.165, 1.54) is 35.5 Å². The van der Waals surface area contributed by atoms with Crippen molar-refractivity contribution in [3.8, 4) is 0 Å². The molecule has 1 unspecified atom stereocenters. The third kappa shape index (κ3) is 3.55. The van der Waals surface area contributed by atoms with Crippen LogP contribution in [-0.4, -0.2) is 42.3 Å². The Hall–Kier alpha value is -2.47. The van der Waals surface area contributed by atoms with E-state index in [0.29, 0.717) is 5.92 Å². The van der Waals surface area contributed by atoms with E-state index < -0.39 is 0 Å². The highest BCUT2D eigenvalue weighted by Gasteiger charge is 2.25. The second kappa shape index (κ2) is 7.41. The Morgan fingerprint density at radius 1 is 1.19 bits per heavy atom. The summed E-state index contributed by atoms with van der Waals surface area (Å²) in [5.41, 5.74) is 3.79. The molecule has 6 heteroatoms. The first kappa shape index (κ1) is 17.0. The van der Waals surface area contributed by atoms with Crippen LogP contribution in [0.1, 0.15) is 41.4 Å². The van der Waals surface area contributed by atoms with Gasteiger partial charge in [-0.05, 0) is 37.9 Å². The molecule has 3 aromatic rings. The van der Waals surface area contributed by atoms with Crippen molar-refractivity contribution in [1.82, 2.24) is 29.2 Å². The SMILES string of the molecule is Cc1c(CN2CCCC(c3nccn3Cc3cccnc3)C2)cnn1C. The van der Waals surface area contributed by atoms with Gasteiger partial charge in [0.2, 0.25) is 0 Å². The van der Waals surface area contributed by atoms with Crippen molar-refractivity contribution in [1.29, 1.82) is 0 Å². The fourth-order valence-corrected chi connectivity index (χ4v) is 3.85. The molecule has 0 spiro atoms. The Morgan fingerprint density at radius 3 is 2.88 bits per heavy atom. The summed E-state index contributed by atoms with van der Waals surface area (Å²) in [6.45, 7) is 6.15. The monoisotopic (exact) mass is 350 g/mol. The number of nitrogens with zero attached hydrogens (tertiary/aromatic N) is 6. The van der Waals surface area contributed by atoms with Gasteiger partial charge in [-0.2, -0.15) is 5.10 Å². The van der Waals surface area contributed by atoms with Crippen LogP contribution in [0.25, 0.3) is 0 Å². The van der Waals surface area contributed by atoms with Gasteiger partial charge in [0.25, 0.3) is 0 Å². The number of aromatic nitrogens is 5. The van der Waals surface area contributed by atoms with Crippen LogP contribution in [0, 0.1) is 6.92 Å². The molecule has 0 aromatic carbocycles. The molecule has 0 N–H and O–H groups in total. The van der Waals surface area contributed by atoms with Crippen molar-refractivity contribution in [2.75, 3.05) is 13.1 Å². The summed E-state index contributed by atoms with van der Waals surface area (Å²) in [7, 11) is 2.01. The van der Waals surface area contributed by atoms with Crippen LogP contribution < -0.4 is 0 Å². The van der Waals surface area contributed by atoms with Crippen molar-refractivity contribution in [2.24, 2.45) is 7.05 Å². The maximum atomic E-state index is 4.70. The Morgan fingerprint density at radius 2 is 2.12 bits per heavy atom. The van der Waals surface area contributed by atoms with Crippen molar-refractivity contribution in [2.45, 2.75) is 38.8 Å². The zero-order chi connectivity index (χ0) is 17.9. The van der Waals surface area contributed by atoms with Gasteiger partial charge >= 0.3 is 0 Å². The van der Waals surface area contributed by atoms with Gasteiger partial charge in [-0.1, -0.05) is 6.07 Å². The van der Waals surface area contributed by atoms with Gasteiger partial charge in [0.15, 0.2) is 0 Å². The van der Waals surface area contributed by atoms with Crippen molar-refractivity contribution in [3.63, 3.8) is 0 Å². The van der Waals surface area contributed by atoms with E-state index in [2.05, 4.69) is 38.7 Å². The predicted octanol–water partition coefficient (Wildman–Crippen LogP) is 2.75. The first-order chi connectivity index (χ1) is 12.7. The third-order valence-corrected chi connectivity index (χ3v) is 5.42. The highest BCUT2D eigenvalue weighted by atomic mass is 15.3. The Kier molecular flexibility index (Phi) is 4.84. The molecule has 26 heavy (non-hydrogen) atoms. The molecule has 0 radical (unpaired) electrons. The largest absolute Gasteiger partial charge is 0.330 e. The molecule has 4 rings (SSSR count). The summed E-state index contributed by atoms with van der Waals surface area (Å²) in [6, 6.07) is 4.11. The molecule has 0 amide bonds. The van der Waals surface area contributed by atoms with E-state index in [1.54, 1.807) is 0 Å². The normalized spacial score (nSPS) is 18.3. The predicted molar refractivity (Wildman–Crippen MR) is 101 cm³/mol. The van der Waals surface area contributed by atoms with Gasteiger partial charge in [-0.15, -0.1) is 0 Å². The minimum Gasteiger partial charge on any atom is -0.330 e. The zero-order valence-electron chi connectivity index (χ0n) is 15.5. The Bertz CT molecular complexity index is 850. The number of hydrogen-bond acceptors (Lipinski definition) is 4. The molecular weight excluding hydrogens is 324 g/mol. The van der Waals surface area contributed by atoms with Gasteiger partial charge < -0.3 is 4.57 Å². The van der Waals surface area contributed by atoms with Crippen molar-refractivity contribution >= 4 is 0 Å². The first-order valence-electron chi connectivity index (χ1n) is 9.30. The minimum atomic E-state index is 0.479. The minimum absolute atomic E-state index is 0.479. The Labute approximate surface area is 154 Å². The zero-order valence-corrected chi connectivity index (χ0v) is 15.5. The average Bonchev–Trinajstić information content (AvgIpc) is 3.25. The molecule has 136 valence electrons. The molecule has 1 aliphatic heterocycles. The van der Waals surface area contributed by atoms with Crippen LogP contribution in [0.3, 0.4) is 0 Å². The summed E-state index contributed by atoms with van der Waals surface area (Å²) in [5.74, 6) is 1.67. The van der Waals surface area contributed by atoms with Crippen molar-refractivity contribution in [3.05, 3.63) is 65.8 Å². The molecule has 3 aromatic heterocycles. The lowest BCUT2D eigenvalue weighted by Crippen LogP contribution is -2.35. The number of piperidine rings is 1. The third-order valence-electron chi connectivity index (χ3n) is 5.42. The van der Waals surface area contributed by atoms with E-state index >= 15 is 0 Å². The lowest BCUT2D eigenvalue weighted by molar-refractivity contribution is 0.194. The fourth-order valence-electron chi connectivity index (χ4n) is 3.85. The van der Waals surface area contributed by atoms with Gasteiger partial charge in [-0.3, -0.25) is 14.6 Å². The molecule has 1 saturated heterocycles. The van der Waals surface area contributed by atoms with Crippen LogP contribution in [0.4, 0.5) is 0 Å². The van der Waals surface area contributed by atoms with Crippen LogP contribution in [0.15, 0.2) is 43.1 Å². The van der Waals surface area contributed by atoms with E-state index in [4.69, 9.17) is 4.98 Å². The Balaban J connectivity index is 1.47. The fraction of sp³-hybridized carbons (Fsp3) is 0.450. The average molecular weight is 350 g/mol. The quantitative estimate of drug-likeness (QED) is 0.710. The second-order valence-corrected chi connectivity index (χ2v) is 7.23. The first-order valence-corrected chi connectivity index (χ1v) is 9.30. The van der Waals surface area contributed by atoms with E-state index in [9.17, 15) is 0 Å². The molecule has 0 bridgehead atoms. The van der Waals surface area contributed by atoms with Crippen LogP contribution in [-0.2, 0) is 20.1 Å². The lowest BCUT2D eigenvalue weighted by Gasteiger charge is -2.32. The molecule has 6 nitrogen and oxygen atoms in total. The number of likely N-dealkylation sites (tertiary alicyclic amines) is 1. The highest BCUT2D eigenvalue weighted by molar-refractivity contribution is 5.16. The summed E-state index contributed by atoms with van der Waals surface area (Å²) < 4.78 is 4.23. The second-order valence-electron chi connectivity index (χ2n) is 7.23. The van der Waals surface area contributed by atoms with Gasteiger partial charge in [0, 0.05) is 62.1 Å². The van der Waals surface area contributed by atoms with Crippen LogP contribution >= 0.6 is 0 Å². The summed E-state index contributed by atoms with van der Waals surface area (Å²) in [5, 5.41) is 4.38. The summed E-state index contributed by atoms with van der Waals surface area (Å²) >= 11 is 0. The molecule has 0 saturated carbocycles. The van der Waals surface area contributed by atoms with E-state index in [-0.39, 0.29) is 0 Å². The van der Waals surface area contributed by atoms with Crippen molar-refractivity contribution < 1.29 is 0 Å². The van der Waals surface area contributed by atoms with E-state index in [0.717, 1.165) is 26.2 Å². The topological polar surface area (TPSA) is 51.8 Å². The standard InChI is InChI=1S/C20H26N6/c1-16-19(12-23-24(16)2)15-25-9-4-6-18(14-25)20-22-8-10-26(20)13-17-5-3-7-21-11-17/h3,5,7-8,10-12,18H,4,6,9,13-15H2,1-2H3. The summed E-state index contributed by atoms with van der Waals surface area (Å²) in [4.78, 5) is 11.5. The highest BCUT2D eigenvalue weighted by Crippen LogP contribution is 2.27. The lowest BCUT2D eigenvalue weighted by atomic mass is 9.96. The van der Waals surface area contributed by atoms with E-state index in [1.807, 2.05) is 42.6 Å². The molecule has 1 atom stereocenters. The molecular formula is C20H26N6. The molecule has 1 aliphatic rings. The van der Waals surface area contributed by atoms with Gasteiger partial charge in [0.05, 0.1) is 12.7 Å². The number of imidazole rings is 1. The van der Waals surface area contributed by atoms with Crippen LogP contribution in [0.2, 0.25) is 0 Å². The molecule has 1 fully saturated rings.